The second-order valence-corrected chi connectivity index (χ2v) is 8.43. The molecule has 28 heavy (non-hydrogen) atoms. The van der Waals surface area contributed by atoms with Crippen LogP contribution >= 0.6 is 27.7 Å². The van der Waals surface area contributed by atoms with Crippen molar-refractivity contribution in [2.75, 3.05) is 11.1 Å². The van der Waals surface area contributed by atoms with Crippen LogP contribution in [0.1, 0.15) is 25.3 Å². The van der Waals surface area contributed by atoms with Gasteiger partial charge in [0.25, 0.3) is 5.56 Å². The molecule has 0 fully saturated rings. The molecule has 1 amide bonds. The maximum absolute atomic E-state index is 12.2. The molecule has 0 aliphatic rings. The lowest BCUT2D eigenvalue weighted by atomic mass is 10.0. The number of nitrogens with one attached hydrogen (secondary N) is 1. The second kappa shape index (κ2) is 9.21. The van der Waals surface area contributed by atoms with E-state index in [0.717, 1.165) is 10.2 Å². The maximum atomic E-state index is 12.2. The minimum Gasteiger partial charge on any atom is -0.325 e. The van der Waals surface area contributed by atoms with E-state index in [1.165, 1.54) is 28.1 Å². The molecule has 0 bridgehead atoms. The van der Waals surface area contributed by atoms with E-state index in [0.29, 0.717) is 16.6 Å². The third-order valence-electron chi connectivity index (χ3n) is 4.04. The molecule has 0 saturated heterocycles. The third-order valence-corrected chi connectivity index (χ3v) is 5.45. The van der Waals surface area contributed by atoms with Crippen molar-refractivity contribution in [1.29, 1.82) is 0 Å². The number of carbonyl (C=O) groups excluding carboxylic acids is 1. The van der Waals surface area contributed by atoms with Crippen LogP contribution in [0.4, 0.5) is 5.69 Å². The number of nitrogens with zero attached hydrogens (tertiary/aromatic N) is 2. The Morgan fingerprint density at radius 2 is 1.89 bits per heavy atom. The molecule has 3 aromatic rings. The molecule has 0 aliphatic heterocycles. The SMILES string of the molecule is CC(C)c1ccc(-n2nc(SCC(=O)Nc3cccc(Br)c3)ccc2=O)cc1. The van der Waals surface area contributed by atoms with Gasteiger partial charge in [-0.05, 0) is 47.9 Å². The number of halogens is 1. The van der Waals surface area contributed by atoms with E-state index in [1.54, 1.807) is 6.07 Å². The van der Waals surface area contributed by atoms with E-state index in [-0.39, 0.29) is 17.2 Å². The lowest BCUT2D eigenvalue weighted by Gasteiger charge is -2.09. The Morgan fingerprint density at radius 1 is 1.14 bits per heavy atom. The molecule has 0 unspecified atom stereocenters. The Bertz CT molecular complexity index is 1030. The quantitative estimate of drug-likeness (QED) is 0.537. The van der Waals surface area contributed by atoms with Gasteiger partial charge in [-0.15, -0.1) is 0 Å². The van der Waals surface area contributed by atoms with Crippen LogP contribution in [0, 0.1) is 0 Å². The zero-order valence-electron chi connectivity index (χ0n) is 15.6. The molecule has 2 aromatic carbocycles. The summed E-state index contributed by atoms with van der Waals surface area (Å²) < 4.78 is 2.26. The fourth-order valence-electron chi connectivity index (χ4n) is 2.56. The van der Waals surface area contributed by atoms with Gasteiger partial charge in [0.2, 0.25) is 5.91 Å². The topological polar surface area (TPSA) is 64.0 Å². The highest BCUT2D eigenvalue weighted by Crippen LogP contribution is 2.19. The van der Waals surface area contributed by atoms with E-state index >= 15 is 0 Å². The molecule has 1 N–H and O–H groups in total. The number of hydrogen-bond acceptors (Lipinski definition) is 4. The number of carbonyl (C=O) groups is 1. The van der Waals surface area contributed by atoms with E-state index in [2.05, 4.69) is 40.2 Å². The fraction of sp³-hybridized carbons (Fsp3) is 0.190. The van der Waals surface area contributed by atoms with Crippen molar-refractivity contribution in [2.45, 2.75) is 24.8 Å². The number of amides is 1. The van der Waals surface area contributed by atoms with Crippen LogP contribution in [0.3, 0.4) is 0 Å². The van der Waals surface area contributed by atoms with Crippen LogP contribution in [0.25, 0.3) is 5.69 Å². The lowest BCUT2D eigenvalue weighted by Crippen LogP contribution is -2.21. The summed E-state index contributed by atoms with van der Waals surface area (Å²) in [7, 11) is 0. The van der Waals surface area contributed by atoms with E-state index in [1.807, 2.05) is 48.5 Å². The fourth-order valence-corrected chi connectivity index (χ4v) is 3.61. The Kier molecular flexibility index (Phi) is 6.70. The standard InChI is InChI=1S/C21H20BrN3O2S/c1-14(2)15-6-8-18(9-7-15)25-21(27)11-10-20(24-25)28-13-19(26)23-17-5-3-4-16(22)12-17/h3-12,14H,13H2,1-2H3,(H,23,26). The lowest BCUT2D eigenvalue weighted by molar-refractivity contribution is -0.113. The van der Waals surface area contributed by atoms with Crippen molar-refractivity contribution in [3.63, 3.8) is 0 Å². The number of rotatable bonds is 6. The predicted molar refractivity (Wildman–Crippen MR) is 117 cm³/mol. The van der Waals surface area contributed by atoms with Gasteiger partial charge >= 0.3 is 0 Å². The molecular formula is C21H20BrN3O2S. The van der Waals surface area contributed by atoms with Crippen LogP contribution in [-0.2, 0) is 4.79 Å². The summed E-state index contributed by atoms with van der Waals surface area (Å²) in [4.78, 5) is 24.4. The normalized spacial score (nSPS) is 10.9. The van der Waals surface area contributed by atoms with E-state index in [9.17, 15) is 9.59 Å². The maximum Gasteiger partial charge on any atom is 0.271 e. The monoisotopic (exact) mass is 457 g/mol. The summed E-state index contributed by atoms with van der Waals surface area (Å²) in [5.74, 6) is 0.484. The van der Waals surface area contributed by atoms with Crippen molar-refractivity contribution >= 4 is 39.3 Å². The number of aromatic nitrogens is 2. The molecule has 1 heterocycles. The van der Waals surface area contributed by atoms with Gasteiger partial charge in [-0.1, -0.05) is 59.7 Å². The Morgan fingerprint density at radius 3 is 2.57 bits per heavy atom. The first-order valence-corrected chi connectivity index (χ1v) is 10.6. The highest BCUT2D eigenvalue weighted by molar-refractivity contribution is 9.10. The molecule has 3 rings (SSSR count). The van der Waals surface area contributed by atoms with Crippen LogP contribution in [0.15, 0.2) is 75.0 Å². The van der Waals surface area contributed by atoms with Gasteiger partial charge in [-0.25, -0.2) is 0 Å². The van der Waals surface area contributed by atoms with Crippen molar-refractivity contribution in [2.24, 2.45) is 0 Å². The average Bonchev–Trinajstić information content (AvgIpc) is 2.67. The smallest absolute Gasteiger partial charge is 0.271 e. The summed E-state index contributed by atoms with van der Waals surface area (Å²) in [6, 6.07) is 18.3. The van der Waals surface area contributed by atoms with Crippen LogP contribution < -0.4 is 10.9 Å². The molecule has 0 aliphatic carbocycles. The predicted octanol–water partition coefficient (Wildman–Crippen LogP) is 4.85. The molecule has 144 valence electrons. The first-order valence-electron chi connectivity index (χ1n) is 8.81. The zero-order chi connectivity index (χ0) is 20.1. The van der Waals surface area contributed by atoms with Crippen molar-refractivity contribution in [3.05, 3.63) is 81.1 Å². The summed E-state index contributed by atoms with van der Waals surface area (Å²) in [5.41, 5.74) is 2.42. The molecule has 7 heteroatoms. The Balaban J connectivity index is 1.69. The minimum absolute atomic E-state index is 0.135. The van der Waals surface area contributed by atoms with Gasteiger partial charge in [0.15, 0.2) is 0 Å². The van der Waals surface area contributed by atoms with E-state index in [4.69, 9.17) is 0 Å². The van der Waals surface area contributed by atoms with Gasteiger partial charge in [-0.3, -0.25) is 9.59 Å². The van der Waals surface area contributed by atoms with Gasteiger partial charge < -0.3 is 5.32 Å². The molecule has 0 radical (unpaired) electrons. The van der Waals surface area contributed by atoms with Gasteiger partial charge in [-0.2, -0.15) is 9.78 Å². The van der Waals surface area contributed by atoms with Crippen molar-refractivity contribution in [1.82, 2.24) is 9.78 Å². The Labute approximate surface area is 176 Å². The second-order valence-electron chi connectivity index (χ2n) is 6.52. The number of anilines is 1. The molecule has 0 atom stereocenters. The average molecular weight is 458 g/mol. The number of hydrogen-bond donors (Lipinski definition) is 1. The first kappa shape index (κ1) is 20.4. The summed E-state index contributed by atoms with van der Waals surface area (Å²) >= 11 is 4.66. The highest BCUT2D eigenvalue weighted by atomic mass is 79.9. The molecule has 0 saturated carbocycles. The van der Waals surface area contributed by atoms with Gasteiger partial charge in [0, 0.05) is 16.2 Å². The number of benzene rings is 2. The summed E-state index contributed by atoms with van der Waals surface area (Å²) in [5, 5.41) is 7.84. The van der Waals surface area contributed by atoms with E-state index < -0.39 is 0 Å². The van der Waals surface area contributed by atoms with Crippen LogP contribution in [-0.4, -0.2) is 21.4 Å². The summed E-state index contributed by atoms with van der Waals surface area (Å²) in [6.45, 7) is 4.24. The van der Waals surface area contributed by atoms with Gasteiger partial charge in [0.05, 0.1) is 11.4 Å². The zero-order valence-corrected chi connectivity index (χ0v) is 18.0. The molecular weight excluding hydrogens is 438 g/mol. The minimum atomic E-state index is -0.208. The van der Waals surface area contributed by atoms with Crippen molar-refractivity contribution < 1.29 is 4.79 Å². The molecule has 5 nitrogen and oxygen atoms in total. The Hall–Kier alpha value is -2.38. The molecule has 1 aromatic heterocycles. The third kappa shape index (κ3) is 5.33. The largest absolute Gasteiger partial charge is 0.325 e. The molecule has 0 spiro atoms. The van der Waals surface area contributed by atoms with Gasteiger partial charge in [0.1, 0.15) is 5.03 Å². The summed E-state index contributed by atoms with van der Waals surface area (Å²) in [6.07, 6.45) is 0. The number of thioether (sulfide) groups is 1. The van der Waals surface area contributed by atoms with Crippen LogP contribution in [0.2, 0.25) is 0 Å². The highest BCUT2D eigenvalue weighted by Gasteiger charge is 2.08. The first-order chi connectivity index (χ1) is 13.4. The van der Waals surface area contributed by atoms with Crippen molar-refractivity contribution in [3.8, 4) is 5.69 Å². The van der Waals surface area contributed by atoms with Crippen LogP contribution in [0.5, 0.6) is 0 Å².